The lowest BCUT2D eigenvalue weighted by Crippen LogP contribution is -2.55. The molecule has 0 radical (unpaired) electrons. The summed E-state index contributed by atoms with van der Waals surface area (Å²) in [7, 11) is 0. The van der Waals surface area contributed by atoms with Crippen LogP contribution in [-0.2, 0) is 11.3 Å². The first kappa shape index (κ1) is 14.4. The van der Waals surface area contributed by atoms with Gasteiger partial charge in [-0.25, -0.2) is 4.39 Å². The van der Waals surface area contributed by atoms with Gasteiger partial charge in [0.1, 0.15) is 6.17 Å². The van der Waals surface area contributed by atoms with Gasteiger partial charge in [-0.3, -0.25) is 4.90 Å². The zero-order chi connectivity index (χ0) is 13.9. The molecule has 0 aromatic heterocycles. The van der Waals surface area contributed by atoms with E-state index in [1.165, 1.54) is 11.8 Å². The maximum atomic E-state index is 13.7. The van der Waals surface area contributed by atoms with E-state index < -0.39 is 18.2 Å². The molecular formula is C14H20FNO3. The zero-order valence-electron chi connectivity index (χ0n) is 11.0. The molecule has 5 heteroatoms. The molecule has 0 saturated carbocycles. The maximum Gasteiger partial charge on any atom is 0.216 e. The number of ether oxygens (including phenoxy) is 1. The first-order valence-electron chi connectivity index (χ1n) is 6.43. The molecular weight excluding hydrogens is 249 g/mol. The Morgan fingerprint density at radius 3 is 2.79 bits per heavy atom. The number of piperidine rings is 1. The molecule has 4 nitrogen and oxygen atoms in total. The molecule has 1 aliphatic heterocycles. The first-order chi connectivity index (χ1) is 8.99. The minimum absolute atomic E-state index is 0.0248. The quantitative estimate of drug-likeness (QED) is 0.808. The molecule has 1 saturated heterocycles. The number of halogens is 1. The van der Waals surface area contributed by atoms with Crippen LogP contribution in [0.15, 0.2) is 30.3 Å². The number of benzene rings is 1. The monoisotopic (exact) mass is 269 g/mol. The van der Waals surface area contributed by atoms with Crippen LogP contribution in [0, 0.1) is 0 Å². The van der Waals surface area contributed by atoms with Crippen molar-refractivity contribution in [2.75, 3.05) is 13.1 Å². The van der Waals surface area contributed by atoms with Gasteiger partial charge in [0.05, 0.1) is 12.2 Å². The summed E-state index contributed by atoms with van der Waals surface area (Å²) in [6.07, 6.45) is -2.24. The third-order valence-corrected chi connectivity index (χ3v) is 3.53. The van der Waals surface area contributed by atoms with Gasteiger partial charge in [-0.05, 0) is 18.9 Å². The normalized spacial score (nSPS) is 30.2. The number of hydrogen-bond acceptors (Lipinski definition) is 4. The van der Waals surface area contributed by atoms with Crippen LogP contribution >= 0.6 is 0 Å². The van der Waals surface area contributed by atoms with Crippen molar-refractivity contribution in [3.05, 3.63) is 35.9 Å². The van der Waals surface area contributed by atoms with Gasteiger partial charge in [-0.1, -0.05) is 30.3 Å². The van der Waals surface area contributed by atoms with Gasteiger partial charge in [-0.15, -0.1) is 0 Å². The van der Waals surface area contributed by atoms with Gasteiger partial charge in [0.25, 0.3) is 0 Å². The second-order valence-electron chi connectivity index (χ2n) is 5.19. The van der Waals surface area contributed by atoms with E-state index in [9.17, 15) is 14.6 Å². The molecule has 0 aliphatic carbocycles. The van der Waals surface area contributed by atoms with Crippen molar-refractivity contribution in [1.29, 1.82) is 0 Å². The van der Waals surface area contributed by atoms with E-state index in [4.69, 9.17) is 4.74 Å². The number of hydrogen-bond donors (Lipinski definition) is 2. The molecule has 19 heavy (non-hydrogen) atoms. The van der Waals surface area contributed by atoms with E-state index in [2.05, 4.69) is 0 Å². The van der Waals surface area contributed by atoms with Crippen molar-refractivity contribution in [1.82, 2.24) is 4.90 Å². The van der Waals surface area contributed by atoms with Crippen molar-refractivity contribution < 1.29 is 19.3 Å². The Hall–Kier alpha value is -1.01. The fourth-order valence-electron chi connectivity index (χ4n) is 2.07. The van der Waals surface area contributed by atoms with E-state index in [1.54, 1.807) is 0 Å². The van der Waals surface area contributed by atoms with E-state index in [-0.39, 0.29) is 19.6 Å². The summed E-state index contributed by atoms with van der Waals surface area (Å²) >= 11 is 0. The standard InChI is InChI=1S/C14H20FNO3/c1-14(18)7-8-16(9-12(14)15)13(17)19-10-11-5-3-2-4-6-11/h2-6,12-13,17-18H,7-10H2,1H3. The fourth-order valence-corrected chi connectivity index (χ4v) is 2.07. The van der Waals surface area contributed by atoms with Gasteiger partial charge >= 0.3 is 0 Å². The van der Waals surface area contributed by atoms with Crippen LogP contribution in [0.5, 0.6) is 0 Å². The summed E-state index contributed by atoms with van der Waals surface area (Å²) in [6.45, 7) is 2.13. The number of aliphatic hydroxyl groups is 2. The average Bonchev–Trinajstić information content (AvgIpc) is 2.40. The molecule has 1 aliphatic rings. The van der Waals surface area contributed by atoms with E-state index in [0.29, 0.717) is 6.54 Å². The second-order valence-corrected chi connectivity index (χ2v) is 5.19. The topological polar surface area (TPSA) is 52.9 Å². The van der Waals surface area contributed by atoms with Gasteiger partial charge < -0.3 is 14.9 Å². The Morgan fingerprint density at radius 1 is 1.47 bits per heavy atom. The highest BCUT2D eigenvalue weighted by Gasteiger charge is 2.39. The molecule has 1 heterocycles. The highest BCUT2D eigenvalue weighted by molar-refractivity contribution is 5.13. The van der Waals surface area contributed by atoms with Crippen LogP contribution < -0.4 is 0 Å². The third-order valence-electron chi connectivity index (χ3n) is 3.53. The molecule has 0 spiro atoms. The smallest absolute Gasteiger partial charge is 0.216 e. The van der Waals surface area contributed by atoms with Crippen LogP contribution in [0.25, 0.3) is 0 Å². The summed E-state index contributed by atoms with van der Waals surface area (Å²) in [6, 6.07) is 9.47. The Morgan fingerprint density at radius 2 is 2.16 bits per heavy atom. The third kappa shape index (κ3) is 3.73. The predicted molar refractivity (Wildman–Crippen MR) is 68.9 cm³/mol. The molecule has 2 rings (SSSR count). The van der Waals surface area contributed by atoms with Crippen LogP contribution in [0.2, 0.25) is 0 Å². The largest absolute Gasteiger partial charge is 0.387 e. The SMILES string of the molecule is CC1(O)CCN(C(O)OCc2ccccc2)CC1F. The average molecular weight is 269 g/mol. The summed E-state index contributed by atoms with van der Waals surface area (Å²) in [4.78, 5) is 1.49. The Labute approximate surface area is 112 Å². The molecule has 0 amide bonds. The van der Waals surface area contributed by atoms with Gasteiger partial charge in [0.15, 0.2) is 0 Å². The maximum absolute atomic E-state index is 13.7. The highest BCUT2D eigenvalue weighted by Crippen LogP contribution is 2.25. The van der Waals surface area contributed by atoms with Gasteiger partial charge in [0.2, 0.25) is 6.41 Å². The number of likely N-dealkylation sites (tertiary alicyclic amines) is 1. The molecule has 1 aromatic rings. The van der Waals surface area contributed by atoms with Crippen molar-refractivity contribution >= 4 is 0 Å². The molecule has 3 atom stereocenters. The second kappa shape index (κ2) is 5.96. The molecule has 3 unspecified atom stereocenters. The van der Waals surface area contributed by atoms with Crippen molar-refractivity contribution in [2.45, 2.75) is 38.1 Å². The molecule has 106 valence electrons. The Balaban J connectivity index is 1.83. The number of rotatable bonds is 4. The van der Waals surface area contributed by atoms with E-state index in [0.717, 1.165) is 5.56 Å². The van der Waals surface area contributed by atoms with Crippen molar-refractivity contribution in [3.63, 3.8) is 0 Å². The lowest BCUT2D eigenvalue weighted by molar-refractivity contribution is -0.223. The van der Waals surface area contributed by atoms with Crippen LogP contribution in [-0.4, -0.2) is 46.4 Å². The van der Waals surface area contributed by atoms with E-state index in [1.807, 2.05) is 30.3 Å². The summed E-state index contributed by atoms with van der Waals surface area (Å²) < 4.78 is 19.0. The van der Waals surface area contributed by atoms with E-state index >= 15 is 0 Å². The Kier molecular flexibility index (Phi) is 4.52. The lowest BCUT2D eigenvalue weighted by Gasteiger charge is -2.40. The number of aliphatic hydroxyl groups excluding tert-OH is 1. The van der Waals surface area contributed by atoms with Crippen LogP contribution in [0.1, 0.15) is 18.9 Å². The highest BCUT2D eigenvalue weighted by atomic mass is 19.1. The zero-order valence-corrected chi connectivity index (χ0v) is 11.0. The predicted octanol–water partition coefficient (Wildman–Crippen LogP) is 1.27. The molecule has 0 bridgehead atoms. The van der Waals surface area contributed by atoms with Crippen LogP contribution in [0.3, 0.4) is 0 Å². The summed E-state index contributed by atoms with van der Waals surface area (Å²) in [5.74, 6) is 0. The Bertz CT molecular complexity index is 399. The fraction of sp³-hybridized carbons (Fsp3) is 0.571. The van der Waals surface area contributed by atoms with Crippen molar-refractivity contribution in [3.8, 4) is 0 Å². The number of nitrogens with zero attached hydrogens (tertiary/aromatic N) is 1. The minimum atomic E-state index is -1.38. The minimum Gasteiger partial charge on any atom is -0.387 e. The van der Waals surface area contributed by atoms with Gasteiger partial charge in [0, 0.05) is 13.1 Å². The lowest BCUT2D eigenvalue weighted by atomic mass is 9.92. The first-order valence-corrected chi connectivity index (χ1v) is 6.43. The van der Waals surface area contributed by atoms with Crippen LogP contribution in [0.4, 0.5) is 4.39 Å². The molecule has 2 N–H and O–H groups in total. The molecule has 1 aromatic carbocycles. The summed E-state index contributed by atoms with van der Waals surface area (Å²) in [5, 5.41) is 19.6. The number of alkyl halides is 1. The van der Waals surface area contributed by atoms with Crippen molar-refractivity contribution in [2.24, 2.45) is 0 Å². The van der Waals surface area contributed by atoms with Gasteiger partial charge in [-0.2, -0.15) is 0 Å². The molecule has 1 fully saturated rings. The summed E-state index contributed by atoms with van der Waals surface area (Å²) in [5.41, 5.74) is -0.363.